The van der Waals surface area contributed by atoms with Crippen LogP contribution in [-0.4, -0.2) is 11.6 Å². The molecule has 0 unspecified atom stereocenters. The highest BCUT2D eigenvalue weighted by Crippen LogP contribution is 2.34. The Morgan fingerprint density at radius 2 is 1.73 bits per heavy atom. The van der Waals surface area contributed by atoms with Crippen LogP contribution in [0.4, 0.5) is 0 Å². The smallest absolute Gasteiger partial charge is 0.313 e. The molecule has 0 fully saturated rings. The van der Waals surface area contributed by atoms with Gasteiger partial charge in [-0.15, -0.1) is 6.58 Å². The van der Waals surface area contributed by atoms with Gasteiger partial charge in [0, 0.05) is 5.41 Å². The summed E-state index contributed by atoms with van der Waals surface area (Å²) in [5.41, 5.74) is 1.66. The Hall–Kier alpha value is -1.57. The Kier molecular flexibility index (Phi) is 5.99. The number of benzene rings is 1. The van der Waals surface area contributed by atoms with Gasteiger partial charge in [-0.3, -0.25) is 4.79 Å². The Bertz CT molecular complexity index is 504. The lowest BCUT2D eigenvalue weighted by molar-refractivity contribution is -0.168. The molecule has 0 aliphatic heterocycles. The van der Waals surface area contributed by atoms with E-state index in [4.69, 9.17) is 4.74 Å². The highest BCUT2D eigenvalue weighted by molar-refractivity contribution is 5.78. The van der Waals surface area contributed by atoms with Crippen molar-refractivity contribution >= 4 is 5.97 Å². The van der Waals surface area contributed by atoms with Crippen LogP contribution >= 0.6 is 0 Å². The maximum Gasteiger partial charge on any atom is 0.313 e. The second kappa shape index (κ2) is 7.13. The average Bonchev–Trinajstić information content (AvgIpc) is 2.43. The molecule has 0 saturated heterocycles. The maximum absolute atomic E-state index is 12.4. The largest absolute Gasteiger partial charge is 0.459 e. The number of allylic oxidation sites excluding steroid dienone is 1. The summed E-state index contributed by atoms with van der Waals surface area (Å²) in [5, 5.41) is 0. The molecule has 0 aliphatic rings. The predicted molar refractivity (Wildman–Crippen MR) is 93.0 cm³/mol. The van der Waals surface area contributed by atoms with Crippen molar-refractivity contribution in [1.82, 2.24) is 0 Å². The van der Waals surface area contributed by atoms with Crippen LogP contribution < -0.4 is 0 Å². The van der Waals surface area contributed by atoms with E-state index in [0.29, 0.717) is 0 Å². The third-order valence-electron chi connectivity index (χ3n) is 4.63. The van der Waals surface area contributed by atoms with Crippen molar-refractivity contribution in [2.45, 2.75) is 65.9 Å². The van der Waals surface area contributed by atoms with Crippen molar-refractivity contribution in [3.63, 3.8) is 0 Å². The molecule has 1 rings (SSSR count). The minimum Gasteiger partial charge on any atom is -0.459 e. The highest BCUT2D eigenvalue weighted by atomic mass is 16.6. The monoisotopic (exact) mass is 302 g/mol. The number of esters is 1. The van der Waals surface area contributed by atoms with Gasteiger partial charge in [-0.2, -0.15) is 0 Å². The molecule has 0 spiro atoms. The van der Waals surface area contributed by atoms with E-state index < -0.39 is 5.60 Å². The number of hydrogen-bond acceptors (Lipinski definition) is 2. The number of carbonyl (C=O) groups excluding carboxylic acids is 1. The van der Waals surface area contributed by atoms with Crippen molar-refractivity contribution < 1.29 is 9.53 Å². The van der Waals surface area contributed by atoms with Crippen LogP contribution in [0.25, 0.3) is 0 Å². The highest BCUT2D eigenvalue weighted by Gasteiger charge is 2.37. The molecule has 1 aromatic rings. The van der Waals surface area contributed by atoms with Gasteiger partial charge in [0.2, 0.25) is 0 Å². The molecular formula is C20H30O2. The van der Waals surface area contributed by atoms with E-state index in [2.05, 4.69) is 39.5 Å². The SMILES string of the molecule is C=CCCc1ccc([C@H](C)C(=O)OC(C)(C)C(C)(C)C)cc1. The summed E-state index contributed by atoms with van der Waals surface area (Å²) in [6, 6.07) is 8.21. The van der Waals surface area contributed by atoms with Gasteiger partial charge in [0.25, 0.3) is 0 Å². The van der Waals surface area contributed by atoms with Crippen molar-refractivity contribution in [3.8, 4) is 0 Å². The summed E-state index contributed by atoms with van der Waals surface area (Å²) in [5.74, 6) is -0.422. The second-order valence-corrected chi connectivity index (χ2v) is 7.47. The van der Waals surface area contributed by atoms with Crippen LogP contribution in [0, 0.1) is 5.41 Å². The Morgan fingerprint density at radius 3 is 2.18 bits per heavy atom. The lowest BCUT2D eigenvalue weighted by Gasteiger charge is -2.38. The summed E-state index contributed by atoms with van der Waals surface area (Å²) < 4.78 is 5.76. The fourth-order valence-corrected chi connectivity index (χ4v) is 1.87. The number of aryl methyl sites for hydroxylation is 1. The molecule has 0 radical (unpaired) electrons. The standard InChI is InChI=1S/C20H30O2/c1-8-9-10-16-11-13-17(14-12-16)15(2)18(21)22-20(6,7)19(3,4)5/h8,11-15H,1,9-10H2,2-7H3/t15-/m0/s1. The van der Waals surface area contributed by atoms with Gasteiger partial charge in [-0.1, -0.05) is 51.1 Å². The first kappa shape index (κ1) is 18.5. The van der Waals surface area contributed by atoms with E-state index in [1.54, 1.807) is 0 Å². The topological polar surface area (TPSA) is 26.3 Å². The summed E-state index contributed by atoms with van der Waals surface area (Å²) in [4.78, 5) is 12.4. The molecule has 0 aromatic heterocycles. The first-order chi connectivity index (χ1) is 10.1. The average molecular weight is 302 g/mol. The lowest BCUT2D eigenvalue weighted by atomic mass is 9.79. The summed E-state index contributed by atoms with van der Waals surface area (Å²) in [6.07, 6.45) is 3.87. The van der Waals surface area contributed by atoms with Crippen LogP contribution in [0.15, 0.2) is 36.9 Å². The van der Waals surface area contributed by atoms with E-state index in [9.17, 15) is 4.79 Å². The number of carbonyl (C=O) groups is 1. The summed E-state index contributed by atoms with van der Waals surface area (Å²) in [7, 11) is 0. The Balaban J connectivity index is 2.76. The van der Waals surface area contributed by atoms with Gasteiger partial charge >= 0.3 is 5.97 Å². The van der Waals surface area contributed by atoms with Gasteiger partial charge in [-0.25, -0.2) is 0 Å². The van der Waals surface area contributed by atoms with Gasteiger partial charge in [0.05, 0.1) is 5.92 Å². The molecule has 1 atom stereocenters. The van der Waals surface area contributed by atoms with Crippen LogP contribution in [-0.2, 0) is 16.0 Å². The minimum atomic E-state index is -0.498. The van der Waals surface area contributed by atoms with E-state index in [1.807, 2.05) is 39.0 Å². The molecule has 0 saturated carbocycles. The molecule has 2 nitrogen and oxygen atoms in total. The van der Waals surface area contributed by atoms with Gasteiger partial charge < -0.3 is 4.74 Å². The first-order valence-electron chi connectivity index (χ1n) is 8.01. The van der Waals surface area contributed by atoms with Crippen LogP contribution in [0.5, 0.6) is 0 Å². The maximum atomic E-state index is 12.4. The zero-order valence-corrected chi connectivity index (χ0v) is 14.9. The third kappa shape index (κ3) is 4.72. The quantitative estimate of drug-likeness (QED) is 0.528. The van der Waals surface area contributed by atoms with Gasteiger partial charge in [0.1, 0.15) is 5.60 Å². The summed E-state index contributed by atoms with van der Waals surface area (Å²) in [6.45, 7) is 15.8. The number of rotatable bonds is 6. The third-order valence-corrected chi connectivity index (χ3v) is 4.63. The van der Waals surface area contributed by atoms with Crippen molar-refractivity contribution in [3.05, 3.63) is 48.0 Å². The summed E-state index contributed by atoms with van der Waals surface area (Å²) >= 11 is 0. The van der Waals surface area contributed by atoms with E-state index in [0.717, 1.165) is 18.4 Å². The lowest BCUT2D eigenvalue weighted by Crippen LogP contribution is -2.42. The van der Waals surface area contributed by atoms with Crippen LogP contribution in [0.2, 0.25) is 0 Å². The molecule has 0 amide bonds. The van der Waals surface area contributed by atoms with Crippen molar-refractivity contribution in [2.24, 2.45) is 5.41 Å². The second-order valence-electron chi connectivity index (χ2n) is 7.47. The fraction of sp³-hybridized carbons (Fsp3) is 0.550. The molecule has 22 heavy (non-hydrogen) atoms. The van der Waals surface area contributed by atoms with E-state index in [1.165, 1.54) is 5.56 Å². The fourth-order valence-electron chi connectivity index (χ4n) is 1.87. The Labute approximate surface area is 135 Å². The molecule has 122 valence electrons. The van der Waals surface area contributed by atoms with E-state index >= 15 is 0 Å². The molecule has 0 aliphatic carbocycles. The minimum absolute atomic E-state index is 0.100. The van der Waals surface area contributed by atoms with Crippen molar-refractivity contribution in [2.75, 3.05) is 0 Å². The number of hydrogen-bond donors (Lipinski definition) is 0. The zero-order chi connectivity index (χ0) is 17.0. The molecule has 1 aromatic carbocycles. The Morgan fingerprint density at radius 1 is 1.18 bits per heavy atom. The van der Waals surface area contributed by atoms with Crippen LogP contribution in [0.3, 0.4) is 0 Å². The first-order valence-corrected chi connectivity index (χ1v) is 8.01. The molecule has 2 heteroatoms. The molecule has 0 N–H and O–H groups in total. The molecule has 0 heterocycles. The van der Waals surface area contributed by atoms with E-state index in [-0.39, 0.29) is 17.3 Å². The normalized spacial score (nSPS) is 13.5. The van der Waals surface area contributed by atoms with Crippen LogP contribution in [0.1, 0.15) is 65.0 Å². The predicted octanol–water partition coefficient (Wildman–Crippen LogP) is 5.28. The molecular weight excluding hydrogens is 272 g/mol. The van der Waals surface area contributed by atoms with Gasteiger partial charge in [0.15, 0.2) is 0 Å². The van der Waals surface area contributed by atoms with Crippen molar-refractivity contribution in [1.29, 1.82) is 0 Å². The zero-order valence-electron chi connectivity index (χ0n) is 14.9. The molecule has 0 bridgehead atoms. The van der Waals surface area contributed by atoms with Gasteiger partial charge in [-0.05, 0) is 44.7 Å². The number of ether oxygens (including phenoxy) is 1.